The minimum atomic E-state index is -0.510. The summed E-state index contributed by atoms with van der Waals surface area (Å²) in [7, 11) is 0. The molecule has 0 saturated heterocycles. The number of carbonyl (C=O) groups excluding carboxylic acids is 2. The number of ether oxygens (including phenoxy) is 1. The van der Waals surface area contributed by atoms with E-state index in [1.54, 1.807) is 0 Å². The molecule has 0 radical (unpaired) electrons. The van der Waals surface area contributed by atoms with E-state index in [0.29, 0.717) is 38.8 Å². The monoisotopic (exact) mass is 398 g/mol. The molecule has 1 aliphatic carbocycles. The molecule has 0 bridgehead atoms. The van der Waals surface area contributed by atoms with Crippen molar-refractivity contribution in [1.82, 2.24) is 5.32 Å². The standard InChI is InChI=1S/C22H30N4O3/c1-22(2,3)29-21(28)14-18-13-16(10-11-17-7-4-5-8-19(17)18)15-24-20(27)9-6-12-25-26-23/h4-5,7-8,10,18H,6,9,11-15H2,1-3H3,(H,24,27). The van der Waals surface area contributed by atoms with Crippen LogP contribution >= 0.6 is 0 Å². The fourth-order valence-corrected chi connectivity index (χ4v) is 3.45. The molecule has 0 aromatic heterocycles. The van der Waals surface area contributed by atoms with Gasteiger partial charge in [-0.2, -0.15) is 0 Å². The SMILES string of the molecule is CC(C)(C)OC(=O)CC1CC(CNC(=O)CCCN=[N+]=[N-])=CCc2ccccc21. The lowest BCUT2D eigenvalue weighted by Crippen LogP contribution is -2.27. The number of nitrogens with zero attached hydrogens (tertiary/aromatic N) is 3. The molecule has 0 saturated carbocycles. The molecule has 156 valence electrons. The number of carbonyl (C=O) groups is 2. The second-order valence-electron chi connectivity index (χ2n) is 8.29. The Bertz CT molecular complexity index is 805. The van der Waals surface area contributed by atoms with E-state index < -0.39 is 5.60 Å². The van der Waals surface area contributed by atoms with Crippen LogP contribution < -0.4 is 5.32 Å². The van der Waals surface area contributed by atoms with Crippen LogP contribution in [0.3, 0.4) is 0 Å². The lowest BCUT2D eigenvalue weighted by atomic mass is 9.88. The van der Waals surface area contributed by atoms with Crippen molar-refractivity contribution in [2.45, 2.75) is 64.4 Å². The van der Waals surface area contributed by atoms with Gasteiger partial charge in [0.05, 0.1) is 6.42 Å². The number of hydrogen-bond donors (Lipinski definition) is 1. The molecule has 1 aromatic carbocycles. The summed E-state index contributed by atoms with van der Waals surface area (Å²) in [5.41, 5.74) is 11.2. The fourth-order valence-electron chi connectivity index (χ4n) is 3.45. The van der Waals surface area contributed by atoms with Gasteiger partial charge in [0.2, 0.25) is 5.91 Å². The first-order chi connectivity index (χ1) is 13.8. The zero-order chi connectivity index (χ0) is 21.3. The van der Waals surface area contributed by atoms with E-state index in [1.807, 2.05) is 32.9 Å². The van der Waals surface area contributed by atoms with E-state index in [-0.39, 0.29) is 17.8 Å². The first kappa shape index (κ1) is 22.5. The minimum absolute atomic E-state index is 0.0247. The number of hydrogen-bond acceptors (Lipinski definition) is 4. The number of rotatable bonds is 8. The molecule has 1 atom stereocenters. The topological polar surface area (TPSA) is 104 Å². The Morgan fingerprint density at radius 2 is 2.07 bits per heavy atom. The maximum atomic E-state index is 12.4. The summed E-state index contributed by atoms with van der Waals surface area (Å²) in [6.07, 6.45) is 4.80. The smallest absolute Gasteiger partial charge is 0.306 e. The Labute approximate surface area is 172 Å². The van der Waals surface area contributed by atoms with Crippen LogP contribution in [0.4, 0.5) is 0 Å². The molecule has 7 heteroatoms. The van der Waals surface area contributed by atoms with E-state index >= 15 is 0 Å². The third-order valence-corrected chi connectivity index (χ3v) is 4.69. The Kier molecular flexibility index (Phi) is 8.28. The summed E-state index contributed by atoms with van der Waals surface area (Å²) in [6, 6.07) is 8.17. The Balaban J connectivity index is 2.01. The van der Waals surface area contributed by atoms with Gasteiger partial charge in [-0.3, -0.25) is 9.59 Å². The zero-order valence-corrected chi connectivity index (χ0v) is 17.5. The Morgan fingerprint density at radius 3 is 2.79 bits per heavy atom. The molecule has 1 unspecified atom stereocenters. The summed E-state index contributed by atoms with van der Waals surface area (Å²) in [6.45, 7) is 6.39. The highest BCUT2D eigenvalue weighted by atomic mass is 16.6. The van der Waals surface area contributed by atoms with Crippen molar-refractivity contribution < 1.29 is 14.3 Å². The van der Waals surface area contributed by atoms with Gasteiger partial charge in [0.1, 0.15) is 5.60 Å². The number of azide groups is 1. The van der Waals surface area contributed by atoms with Crippen LogP contribution in [0, 0.1) is 0 Å². The van der Waals surface area contributed by atoms with Crippen molar-refractivity contribution in [3.8, 4) is 0 Å². The third-order valence-electron chi connectivity index (χ3n) is 4.69. The molecule has 0 fully saturated rings. The van der Waals surface area contributed by atoms with E-state index in [0.717, 1.165) is 12.0 Å². The maximum Gasteiger partial charge on any atom is 0.306 e. The highest BCUT2D eigenvalue weighted by Gasteiger charge is 2.25. The third kappa shape index (κ3) is 8.00. The minimum Gasteiger partial charge on any atom is -0.460 e. The normalized spacial score (nSPS) is 16.0. The van der Waals surface area contributed by atoms with Crippen LogP contribution in [0.15, 0.2) is 41.0 Å². The quantitative estimate of drug-likeness (QED) is 0.173. The lowest BCUT2D eigenvalue weighted by molar-refractivity contribution is -0.155. The van der Waals surface area contributed by atoms with Crippen molar-refractivity contribution in [1.29, 1.82) is 0 Å². The van der Waals surface area contributed by atoms with Crippen molar-refractivity contribution in [3.63, 3.8) is 0 Å². The molecule has 2 rings (SSSR count). The number of nitrogens with one attached hydrogen (secondary N) is 1. The molecule has 0 spiro atoms. The largest absolute Gasteiger partial charge is 0.460 e. The van der Waals surface area contributed by atoms with Crippen LogP contribution in [-0.2, 0) is 20.7 Å². The summed E-state index contributed by atoms with van der Waals surface area (Å²) in [5.74, 6) is -0.248. The molecule has 29 heavy (non-hydrogen) atoms. The van der Waals surface area contributed by atoms with E-state index in [4.69, 9.17) is 10.3 Å². The van der Waals surface area contributed by atoms with E-state index in [9.17, 15) is 9.59 Å². The average molecular weight is 399 g/mol. The number of amides is 1. The van der Waals surface area contributed by atoms with Crippen molar-refractivity contribution in [2.75, 3.05) is 13.1 Å². The molecular weight excluding hydrogens is 368 g/mol. The average Bonchev–Trinajstić information content (AvgIpc) is 2.82. The predicted octanol–water partition coefficient (Wildman–Crippen LogP) is 4.58. The van der Waals surface area contributed by atoms with Gasteiger partial charge in [-0.05, 0) is 62.6 Å². The molecule has 1 N–H and O–H groups in total. The number of allylic oxidation sites excluding steroid dienone is 1. The predicted molar refractivity (Wildman–Crippen MR) is 112 cm³/mol. The van der Waals surface area contributed by atoms with Gasteiger partial charge in [-0.15, -0.1) is 0 Å². The van der Waals surface area contributed by atoms with Crippen LogP contribution in [-0.4, -0.2) is 30.6 Å². The summed E-state index contributed by atoms with van der Waals surface area (Å²) in [5, 5.41) is 6.38. The van der Waals surface area contributed by atoms with Crippen LogP contribution in [0.1, 0.15) is 63.5 Å². The van der Waals surface area contributed by atoms with Crippen molar-refractivity contribution in [2.24, 2.45) is 5.11 Å². The highest BCUT2D eigenvalue weighted by molar-refractivity contribution is 5.76. The molecule has 0 heterocycles. The van der Waals surface area contributed by atoms with Crippen LogP contribution in [0.25, 0.3) is 10.4 Å². The lowest BCUT2D eigenvalue weighted by Gasteiger charge is -2.23. The van der Waals surface area contributed by atoms with Crippen LogP contribution in [0.2, 0.25) is 0 Å². The van der Waals surface area contributed by atoms with Crippen molar-refractivity contribution in [3.05, 3.63) is 57.5 Å². The first-order valence-electron chi connectivity index (χ1n) is 10.0. The van der Waals surface area contributed by atoms with Crippen LogP contribution in [0.5, 0.6) is 0 Å². The second-order valence-corrected chi connectivity index (χ2v) is 8.29. The summed E-state index contributed by atoms with van der Waals surface area (Å²) < 4.78 is 5.53. The molecular formula is C22H30N4O3. The maximum absolute atomic E-state index is 12.4. The van der Waals surface area contributed by atoms with Gasteiger partial charge in [0, 0.05) is 24.4 Å². The first-order valence-corrected chi connectivity index (χ1v) is 10.0. The van der Waals surface area contributed by atoms with Gasteiger partial charge in [-0.25, -0.2) is 0 Å². The Hall–Kier alpha value is -2.79. The number of fused-ring (bicyclic) bond motifs is 1. The Morgan fingerprint density at radius 1 is 1.31 bits per heavy atom. The molecule has 1 aromatic rings. The van der Waals surface area contributed by atoms with Gasteiger partial charge in [0.15, 0.2) is 0 Å². The van der Waals surface area contributed by atoms with Crippen molar-refractivity contribution >= 4 is 11.9 Å². The van der Waals surface area contributed by atoms with E-state index in [1.165, 1.54) is 11.1 Å². The summed E-state index contributed by atoms with van der Waals surface area (Å²) >= 11 is 0. The number of esters is 1. The highest BCUT2D eigenvalue weighted by Crippen LogP contribution is 2.33. The van der Waals surface area contributed by atoms with E-state index in [2.05, 4.69) is 33.6 Å². The molecule has 7 nitrogen and oxygen atoms in total. The number of benzene rings is 1. The second kappa shape index (κ2) is 10.7. The fraction of sp³-hybridized carbons (Fsp3) is 0.545. The summed E-state index contributed by atoms with van der Waals surface area (Å²) in [4.78, 5) is 27.2. The van der Waals surface area contributed by atoms with Gasteiger partial charge >= 0.3 is 5.97 Å². The molecule has 1 aliphatic rings. The molecule has 0 aliphatic heterocycles. The van der Waals surface area contributed by atoms with Gasteiger partial charge in [-0.1, -0.05) is 41.0 Å². The van der Waals surface area contributed by atoms with Gasteiger partial charge < -0.3 is 10.1 Å². The molecule has 1 amide bonds. The van der Waals surface area contributed by atoms with Gasteiger partial charge in [0.25, 0.3) is 0 Å². The zero-order valence-electron chi connectivity index (χ0n) is 17.5.